The van der Waals surface area contributed by atoms with Gasteiger partial charge in [0.2, 0.25) is 0 Å². The van der Waals surface area contributed by atoms with Crippen LogP contribution in [0.4, 0.5) is 0 Å². The van der Waals surface area contributed by atoms with Gasteiger partial charge in [0.1, 0.15) is 24.8 Å². The van der Waals surface area contributed by atoms with E-state index in [1.54, 1.807) is 13.8 Å². The molecule has 5 nitrogen and oxygen atoms in total. The fourth-order valence-corrected chi connectivity index (χ4v) is 5.05. The van der Waals surface area contributed by atoms with E-state index < -0.39 is 0 Å². The summed E-state index contributed by atoms with van der Waals surface area (Å²) in [5.41, 5.74) is -0.530. The Balaban J connectivity index is 2.59. The Kier molecular flexibility index (Phi) is 2.78. The SMILES string of the molecule is CC(C)n1c(=O)c2sc3nsc(C#N)c3sc=2c1=O. The van der Waals surface area contributed by atoms with Crippen molar-refractivity contribution in [1.29, 1.82) is 5.26 Å². The molecule has 19 heavy (non-hydrogen) atoms. The van der Waals surface area contributed by atoms with Crippen molar-refractivity contribution in [3.8, 4) is 6.07 Å². The van der Waals surface area contributed by atoms with Gasteiger partial charge in [-0.1, -0.05) is 0 Å². The first-order valence-electron chi connectivity index (χ1n) is 5.42. The monoisotopic (exact) mass is 309 g/mol. The second-order valence-corrected chi connectivity index (χ2v) is 6.99. The Morgan fingerprint density at radius 2 is 1.84 bits per heavy atom. The number of hydrogen-bond acceptors (Lipinski definition) is 7. The van der Waals surface area contributed by atoms with Crippen molar-refractivity contribution in [3.05, 3.63) is 34.6 Å². The van der Waals surface area contributed by atoms with E-state index >= 15 is 0 Å². The molecule has 96 valence electrons. The summed E-state index contributed by atoms with van der Waals surface area (Å²) in [4.78, 5) is 25.6. The molecule has 0 radical (unpaired) electrons. The molecule has 0 N–H and O–H groups in total. The Bertz CT molecular complexity index is 999. The van der Waals surface area contributed by atoms with Crippen molar-refractivity contribution in [1.82, 2.24) is 8.94 Å². The number of hydrogen-bond donors (Lipinski definition) is 0. The quantitative estimate of drug-likeness (QED) is 0.690. The molecule has 2 aliphatic heterocycles. The lowest BCUT2D eigenvalue weighted by atomic mass is 10.4. The van der Waals surface area contributed by atoms with Crippen LogP contribution in [-0.4, -0.2) is 8.94 Å². The zero-order chi connectivity index (χ0) is 13.7. The van der Waals surface area contributed by atoms with Crippen LogP contribution in [0, 0.1) is 20.4 Å². The van der Waals surface area contributed by atoms with Gasteiger partial charge in [-0.25, -0.2) is 0 Å². The van der Waals surface area contributed by atoms with Crippen LogP contribution in [0.15, 0.2) is 9.59 Å². The molecular formula is C11H7N3O2S3. The maximum Gasteiger partial charge on any atom is 0.272 e. The molecule has 0 aliphatic carbocycles. The highest BCUT2D eigenvalue weighted by Crippen LogP contribution is 2.29. The molecule has 0 spiro atoms. The van der Waals surface area contributed by atoms with Gasteiger partial charge in [0.15, 0.2) is 0 Å². The van der Waals surface area contributed by atoms with Crippen LogP contribution >= 0.6 is 34.2 Å². The molecule has 0 fully saturated rings. The highest BCUT2D eigenvalue weighted by atomic mass is 32.1. The van der Waals surface area contributed by atoms with E-state index in [2.05, 4.69) is 10.4 Å². The molecule has 0 atom stereocenters. The summed E-state index contributed by atoms with van der Waals surface area (Å²) in [5, 5.41) is 9.00. The third-order valence-electron chi connectivity index (χ3n) is 2.67. The minimum absolute atomic E-state index is 0.174. The van der Waals surface area contributed by atoms with Gasteiger partial charge in [-0.15, -0.1) is 22.7 Å². The number of nitrogens with zero attached hydrogens (tertiary/aromatic N) is 3. The van der Waals surface area contributed by atoms with E-state index in [4.69, 9.17) is 5.26 Å². The Morgan fingerprint density at radius 3 is 2.42 bits per heavy atom. The predicted octanol–water partition coefficient (Wildman–Crippen LogP) is 2.12. The van der Waals surface area contributed by atoms with Gasteiger partial charge in [0.25, 0.3) is 11.1 Å². The van der Waals surface area contributed by atoms with Crippen molar-refractivity contribution in [2.45, 2.75) is 19.9 Å². The summed E-state index contributed by atoms with van der Waals surface area (Å²) in [6.45, 7) is 3.61. The molecule has 0 amide bonds. The van der Waals surface area contributed by atoms with Gasteiger partial charge in [-0.2, -0.15) is 9.64 Å². The minimum atomic E-state index is -0.270. The van der Waals surface area contributed by atoms with Crippen LogP contribution in [0.1, 0.15) is 24.8 Å². The smallest absolute Gasteiger partial charge is 0.270 e. The van der Waals surface area contributed by atoms with E-state index in [0.717, 1.165) is 11.5 Å². The second-order valence-electron chi connectivity index (χ2n) is 4.19. The normalized spacial score (nSPS) is 11.5. The van der Waals surface area contributed by atoms with Crippen molar-refractivity contribution < 1.29 is 0 Å². The number of nitriles is 1. The van der Waals surface area contributed by atoms with Crippen molar-refractivity contribution in [2.24, 2.45) is 0 Å². The van der Waals surface area contributed by atoms with Gasteiger partial charge >= 0.3 is 0 Å². The van der Waals surface area contributed by atoms with E-state index in [-0.39, 0.29) is 17.2 Å². The van der Waals surface area contributed by atoms with Gasteiger partial charge < -0.3 is 0 Å². The van der Waals surface area contributed by atoms with Gasteiger partial charge in [-0.3, -0.25) is 14.2 Å². The summed E-state index contributed by atoms with van der Waals surface area (Å²) < 4.78 is 6.98. The van der Waals surface area contributed by atoms with Gasteiger partial charge in [0, 0.05) is 6.04 Å². The molecule has 1 aromatic rings. The summed E-state index contributed by atoms with van der Waals surface area (Å²) in [6.07, 6.45) is 0. The maximum atomic E-state index is 12.2. The number of rotatable bonds is 1. The average Bonchev–Trinajstić information content (AvgIpc) is 2.88. The number of aromatic nitrogens is 2. The van der Waals surface area contributed by atoms with Crippen molar-refractivity contribution >= 4 is 43.7 Å². The molecule has 1 aromatic heterocycles. The fraction of sp³-hybridized carbons (Fsp3) is 0.273. The summed E-state index contributed by atoms with van der Waals surface area (Å²) in [7, 11) is 0. The lowest BCUT2D eigenvalue weighted by Gasteiger charge is -2.01. The summed E-state index contributed by atoms with van der Waals surface area (Å²) in [5.74, 6) is 0. The van der Waals surface area contributed by atoms with Crippen molar-refractivity contribution in [2.75, 3.05) is 0 Å². The molecular weight excluding hydrogens is 302 g/mol. The van der Waals surface area contributed by atoms with Crippen LogP contribution in [0.3, 0.4) is 0 Å². The molecule has 2 aliphatic rings. The topological polar surface area (TPSA) is 75.8 Å². The van der Waals surface area contributed by atoms with Crippen LogP contribution in [0.2, 0.25) is 0 Å². The van der Waals surface area contributed by atoms with E-state index in [1.807, 2.05) is 0 Å². The van der Waals surface area contributed by atoms with E-state index in [0.29, 0.717) is 23.5 Å². The van der Waals surface area contributed by atoms with Crippen molar-refractivity contribution in [3.63, 3.8) is 0 Å². The highest BCUT2D eigenvalue weighted by Gasteiger charge is 2.17. The molecule has 3 rings (SSSR count). The fourth-order valence-electron chi connectivity index (χ4n) is 1.85. The van der Waals surface area contributed by atoms with Crippen LogP contribution < -0.4 is 11.1 Å². The molecule has 0 bridgehead atoms. The van der Waals surface area contributed by atoms with Crippen LogP contribution in [0.5, 0.6) is 0 Å². The molecule has 0 saturated carbocycles. The van der Waals surface area contributed by atoms with E-state index in [9.17, 15) is 9.59 Å². The molecule has 0 aromatic carbocycles. The second kappa shape index (κ2) is 4.23. The third-order valence-corrected chi connectivity index (χ3v) is 6.18. The largest absolute Gasteiger partial charge is 0.272 e. The van der Waals surface area contributed by atoms with Crippen LogP contribution in [-0.2, 0) is 0 Å². The molecule has 0 saturated heterocycles. The van der Waals surface area contributed by atoms with Gasteiger partial charge in [-0.05, 0) is 25.4 Å². The molecule has 8 heteroatoms. The lowest BCUT2D eigenvalue weighted by Crippen LogP contribution is -2.27. The average molecular weight is 309 g/mol. The number of fused-ring (bicyclic) bond motifs is 1. The Labute approximate surface area is 118 Å². The lowest BCUT2D eigenvalue weighted by molar-refractivity contribution is 0.569. The first-order chi connectivity index (χ1) is 9.04. The van der Waals surface area contributed by atoms with E-state index in [1.165, 1.54) is 27.2 Å². The zero-order valence-electron chi connectivity index (χ0n) is 9.96. The van der Waals surface area contributed by atoms with Gasteiger partial charge in [0.05, 0.1) is 4.70 Å². The molecule has 3 heterocycles. The zero-order valence-corrected chi connectivity index (χ0v) is 12.4. The third kappa shape index (κ3) is 1.66. The maximum absolute atomic E-state index is 12.2. The summed E-state index contributed by atoms with van der Waals surface area (Å²) in [6, 6.07) is 1.89. The summed E-state index contributed by atoms with van der Waals surface area (Å²) >= 11 is 3.48. The standard InChI is InChI=1S/C11H7N3O2S3/c1-4(2)14-10(15)7-8(11(14)16)18-9-6(17-7)5(3-12)19-13-9/h4H,1-2H3. The minimum Gasteiger partial charge on any atom is -0.270 e. The Hall–Kier alpha value is -1.56. The first-order valence-corrected chi connectivity index (χ1v) is 7.83. The molecule has 0 unspecified atom stereocenters. The Morgan fingerprint density at radius 1 is 1.21 bits per heavy atom. The first kappa shape index (κ1) is 12.5. The highest BCUT2D eigenvalue weighted by molar-refractivity contribution is 7.29. The van der Waals surface area contributed by atoms with Crippen LogP contribution in [0.25, 0.3) is 9.53 Å². The predicted molar refractivity (Wildman–Crippen MR) is 76.3 cm³/mol.